The summed E-state index contributed by atoms with van der Waals surface area (Å²) < 4.78 is 37.3. The molecular weight excluding hydrogens is 547 g/mol. The SMILES string of the molecule is O=C(Oc1cccc2ccccc12)Oc1c2ccccc2c(OC(=O)Oc2cccc3ccccc23)c2cc(F)ccc12. The molecular formula is C36H21FO6. The van der Waals surface area contributed by atoms with Crippen LogP contribution in [0.5, 0.6) is 23.0 Å². The molecule has 0 heterocycles. The first-order chi connectivity index (χ1) is 21.0. The minimum Gasteiger partial charge on any atom is -0.394 e. The first-order valence-electron chi connectivity index (χ1n) is 13.4. The van der Waals surface area contributed by atoms with Crippen LogP contribution >= 0.6 is 0 Å². The number of halogens is 1. The molecule has 0 amide bonds. The zero-order chi connectivity index (χ0) is 29.3. The van der Waals surface area contributed by atoms with Gasteiger partial charge in [0, 0.05) is 32.3 Å². The van der Waals surface area contributed by atoms with Crippen molar-refractivity contribution in [1.82, 2.24) is 0 Å². The third-order valence-electron chi connectivity index (χ3n) is 7.14. The van der Waals surface area contributed by atoms with Gasteiger partial charge < -0.3 is 18.9 Å². The zero-order valence-electron chi connectivity index (χ0n) is 22.5. The van der Waals surface area contributed by atoms with Crippen LogP contribution in [0.4, 0.5) is 14.0 Å². The molecule has 0 unspecified atom stereocenters. The fourth-order valence-corrected chi connectivity index (χ4v) is 5.25. The van der Waals surface area contributed by atoms with Crippen molar-refractivity contribution >= 4 is 55.4 Å². The molecule has 0 saturated carbocycles. The molecule has 0 atom stereocenters. The van der Waals surface area contributed by atoms with Crippen molar-refractivity contribution in [2.45, 2.75) is 0 Å². The largest absolute Gasteiger partial charge is 0.519 e. The Balaban J connectivity index is 1.27. The lowest BCUT2D eigenvalue weighted by atomic mass is 10.0. The van der Waals surface area contributed by atoms with Crippen LogP contribution in [0, 0.1) is 5.82 Å². The van der Waals surface area contributed by atoms with Gasteiger partial charge in [-0.15, -0.1) is 0 Å². The highest BCUT2D eigenvalue weighted by Gasteiger charge is 2.23. The van der Waals surface area contributed by atoms with Crippen LogP contribution in [0.2, 0.25) is 0 Å². The maximum atomic E-state index is 14.6. The summed E-state index contributed by atoms with van der Waals surface area (Å²) in [5.41, 5.74) is 0. The normalized spacial score (nSPS) is 11.1. The van der Waals surface area contributed by atoms with Gasteiger partial charge in [0.15, 0.2) is 5.75 Å². The maximum Gasteiger partial charge on any atom is 0.519 e. The quantitative estimate of drug-likeness (QED) is 0.120. The molecule has 0 bridgehead atoms. The van der Waals surface area contributed by atoms with E-state index in [1.54, 1.807) is 48.5 Å². The van der Waals surface area contributed by atoms with E-state index in [-0.39, 0.29) is 16.9 Å². The molecule has 0 fully saturated rings. The summed E-state index contributed by atoms with van der Waals surface area (Å²) in [6.07, 6.45) is -1.98. The second kappa shape index (κ2) is 10.8. The average molecular weight is 569 g/mol. The van der Waals surface area contributed by atoms with Gasteiger partial charge in [0.2, 0.25) is 0 Å². The first-order valence-corrected chi connectivity index (χ1v) is 13.4. The Kier molecular flexibility index (Phi) is 6.52. The van der Waals surface area contributed by atoms with Crippen molar-refractivity contribution in [3.8, 4) is 23.0 Å². The number of benzene rings is 7. The van der Waals surface area contributed by atoms with E-state index in [1.807, 2.05) is 60.7 Å². The molecule has 0 radical (unpaired) electrons. The highest BCUT2D eigenvalue weighted by molar-refractivity contribution is 6.12. The van der Waals surface area contributed by atoms with E-state index in [4.69, 9.17) is 18.9 Å². The number of rotatable bonds is 4. The van der Waals surface area contributed by atoms with E-state index in [2.05, 4.69) is 0 Å². The molecule has 0 aliphatic carbocycles. The second-order valence-corrected chi connectivity index (χ2v) is 9.76. The van der Waals surface area contributed by atoms with Crippen LogP contribution in [0.15, 0.2) is 127 Å². The number of hydrogen-bond donors (Lipinski definition) is 0. The summed E-state index contributed by atoms with van der Waals surface area (Å²) >= 11 is 0. The summed E-state index contributed by atoms with van der Waals surface area (Å²) in [5.74, 6) is 0.271. The van der Waals surface area contributed by atoms with Crippen molar-refractivity contribution in [2.75, 3.05) is 0 Å². The molecule has 0 aliphatic rings. The van der Waals surface area contributed by atoms with E-state index in [0.717, 1.165) is 21.5 Å². The van der Waals surface area contributed by atoms with Gasteiger partial charge >= 0.3 is 12.3 Å². The molecule has 0 N–H and O–H groups in total. The summed E-state index contributed by atoms with van der Waals surface area (Å²) in [4.78, 5) is 26.3. The van der Waals surface area contributed by atoms with Crippen molar-refractivity contribution in [3.63, 3.8) is 0 Å². The Bertz CT molecular complexity index is 2200. The van der Waals surface area contributed by atoms with Crippen molar-refractivity contribution in [1.29, 1.82) is 0 Å². The van der Waals surface area contributed by atoms with Crippen LogP contribution in [-0.4, -0.2) is 12.3 Å². The van der Waals surface area contributed by atoms with Gasteiger partial charge in [-0.2, -0.15) is 0 Å². The van der Waals surface area contributed by atoms with Crippen LogP contribution < -0.4 is 18.9 Å². The topological polar surface area (TPSA) is 71.1 Å². The van der Waals surface area contributed by atoms with Crippen molar-refractivity contribution in [3.05, 3.63) is 133 Å². The standard InChI is InChI=1S/C36H21FO6/c37-24-19-20-29-30(21-24)34(43-36(39)41-32-18-8-12-23-10-2-4-14-26(23)32)28-16-6-5-15-27(28)33(29)42-35(38)40-31-17-7-11-22-9-1-3-13-25(22)31/h1-21H. The minimum absolute atomic E-state index is 0.0603. The summed E-state index contributed by atoms with van der Waals surface area (Å²) in [6.45, 7) is 0. The Labute approximate surface area is 244 Å². The highest BCUT2D eigenvalue weighted by atomic mass is 19.1. The molecule has 7 aromatic rings. The number of ether oxygens (including phenoxy) is 4. The van der Waals surface area contributed by atoms with E-state index in [9.17, 15) is 14.0 Å². The van der Waals surface area contributed by atoms with Gasteiger partial charge in [-0.25, -0.2) is 14.0 Å². The van der Waals surface area contributed by atoms with E-state index >= 15 is 0 Å². The van der Waals surface area contributed by atoms with Crippen LogP contribution in [0.1, 0.15) is 0 Å². The van der Waals surface area contributed by atoms with Crippen LogP contribution in [-0.2, 0) is 0 Å². The average Bonchev–Trinajstić information content (AvgIpc) is 3.03. The predicted molar refractivity (Wildman–Crippen MR) is 163 cm³/mol. The molecule has 7 aromatic carbocycles. The Morgan fingerprint density at radius 2 is 0.837 bits per heavy atom. The molecule has 0 aliphatic heterocycles. The third kappa shape index (κ3) is 4.93. The van der Waals surface area contributed by atoms with Gasteiger partial charge in [-0.1, -0.05) is 97.1 Å². The van der Waals surface area contributed by atoms with Gasteiger partial charge in [0.1, 0.15) is 23.1 Å². The van der Waals surface area contributed by atoms with Crippen LogP contribution in [0.3, 0.4) is 0 Å². The first kappa shape index (κ1) is 26.0. The minimum atomic E-state index is -1.00. The monoisotopic (exact) mass is 568 g/mol. The number of hydrogen-bond acceptors (Lipinski definition) is 6. The molecule has 7 heteroatoms. The zero-order valence-corrected chi connectivity index (χ0v) is 22.5. The van der Waals surface area contributed by atoms with Gasteiger partial charge in [0.25, 0.3) is 0 Å². The summed E-state index contributed by atoms with van der Waals surface area (Å²) in [7, 11) is 0. The fourth-order valence-electron chi connectivity index (χ4n) is 5.25. The number of fused-ring (bicyclic) bond motifs is 4. The van der Waals surface area contributed by atoms with E-state index < -0.39 is 18.1 Å². The molecule has 6 nitrogen and oxygen atoms in total. The lowest BCUT2D eigenvalue weighted by Crippen LogP contribution is -2.16. The predicted octanol–water partition coefficient (Wildman–Crippen LogP) is 9.59. The second-order valence-electron chi connectivity index (χ2n) is 9.76. The fraction of sp³-hybridized carbons (Fsp3) is 0. The molecule has 43 heavy (non-hydrogen) atoms. The number of carbonyl (C=O) groups is 2. The van der Waals surface area contributed by atoms with Gasteiger partial charge in [-0.05, 0) is 41.1 Å². The molecule has 0 saturated heterocycles. The van der Waals surface area contributed by atoms with Gasteiger partial charge in [-0.3, -0.25) is 0 Å². The number of carbonyl (C=O) groups excluding carboxylic acids is 2. The third-order valence-corrected chi connectivity index (χ3v) is 7.14. The summed E-state index contributed by atoms with van der Waals surface area (Å²) in [5, 5.41) is 4.67. The summed E-state index contributed by atoms with van der Waals surface area (Å²) in [6, 6.07) is 36.4. The van der Waals surface area contributed by atoms with Gasteiger partial charge in [0.05, 0.1) is 0 Å². The van der Waals surface area contributed by atoms with E-state index in [1.165, 1.54) is 18.2 Å². The molecule has 7 rings (SSSR count). The molecule has 0 aromatic heterocycles. The Morgan fingerprint density at radius 3 is 1.37 bits per heavy atom. The van der Waals surface area contributed by atoms with Crippen LogP contribution in [0.25, 0.3) is 43.1 Å². The lowest BCUT2D eigenvalue weighted by Gasteiger charge is -2.16. The van der Waals surface area contributed by atoms with E-state index in [0.29, 0.717) is 27.7 Å². The molecule has 0 spiro atoms. The lowest BCUT2D eigenvalue weighted by molar-refractivity contribution is 0.151. The Hall–Kier alpha value is -5.95. The Morgan fingerprint density at radius 1 is 0.419 bits per heavy atom. The molecule has 208 valence electrons. The highest BCUT2D eigenvalue weighted by Crippen LogP contribution is 2.43. The van der Waals surface area contributed by atoms with Crippen molar-refractivity contribution in [2.24, 2.45) is 0 Å². The smallest absolute Gasteiger partial charge is 0.394 e. The maximum absolute atomic E-state index is 14.6. The van der Waals surface area contributed by atoms with Crippen molar-refractivity contribution < 1.29 is 32.9 Å².